The highest BCUT2D eigenvalue weighted by molar-refractivity contribution is 5.69. The molecule has 0 unspecified atom stereocenters. The van der Waals surface area contributed by atoms with E-state index >= 15 is 0 Å². The number of hydrogen-bond acceptors (Lipinski definition) is 2. The Bertz CT molecular complexity index is 976. The van der Waals surface area contributed by atoms with Crippen molar-refractivity contribution in [2.45, 2.75) is 208 Å². The molecule has 270 valence electrons. The van der Waals surface area contributed by atoms with Gasteiger partial charge in [0.2, 0.25) is 0 Å². The summed E-state index contributed by atoms with van der Waals surface area (Å²) in [5.74, 6) is 5.31. The Morgan fingerprint density at radius 3 is 2.19 bits per heavy atom. The molecular weight excluding hydrogens is 572 g/mol. The van der Waals surface area contributed by atoms with Gasteiger partial charge in [0.05, 0.1) is 0 Å². The summed E-state index contributed by atoms with van der Waals surface area (Å²) < 4.78 is 6.12. The van der Waals surface area contributed by atoms with Gasteiger partial charge < -0.3 is 4.74 Å². The quantitative estimate of drug-likeness (QED) is 0.0702. The molecule has 4 aliphatic carbocycles. The summed E-state index contributed by atoms with van der Waals surface area (Å²) in [5, 5.41) is 0. The summed E-state index contributed by atoms with van der Waals surface area (Å²) in [5.41, 5.74) is 2.53. The highest BCUT2D eigenvalue weighted by atomic mass is 16.5. The van der Waals surface area contributed by atoms with Crippen molar-refractivity contribution in [2.75, 3.05) is 0 Å². The topological polar surface area (TPSA) is 26.3 Å². The van der Waals surface area contributed by atoms with Crippen LogP contribution in [0.5, 0.6) is 0 Å². The van der Waals surface area contributed by atoms with Crippen LogP contribution in [0, 0.1) is 46.3 Å². The lowest BCUT2D eigenvalue weighted by atomic mass is 9.47. The number of ether oxygens (including phenoxy) is 1. The minimum Gasteiger partial charge on any atom is -0.462 e. The molecule has 4 rings (SSSR count). The van der Waals surface area contributed by atoms with E-state index in [0.29, 0.717) is 17.3 Å². The largest absolute Gasteiger partial charge is 0.462 e. The monoisotopic (exact) mass is 651 g/mol. The first-order chi connectivity index (χ1) is 22.7. The number of hydrogen-bond donors (Lipinski definition) is 0. The van der Waals surface area contributed by atoms with Crippen LogP contribution in [0.1, 0.15) is 202 Å². The lowest BCUT2D eigenvalue weighted by molar-refractivity contribution is -0.151. The molecule has 0 aliphatic heterocycles. The van der Waals surface area contributed by atoms with E-state index < -0.39 is 0 Å². The maximum atomic E-state index is 12.8. The molecule has 0 saturated heterocycles. The second-order valence-electron chi connectivity index (χ2n) is 18.0. The number of unbranched alkanes of at least 4 members (excludes halogenated alkanes) is 11. The minimum absolute atomic E-state index is 0.0541. The Labute approximate surface area is 293 Å². The van der Waals surface area contributed by atoms with Gasteiger partial charge in [-0.25, -0.2) is 0 Å². The van der Waals surface area contributed by atoms with E-state index in [1.165, 1.54) is 128 Å². The Morgan fingerprint density at radius 1 is 0.809 bits per heavy atom. The summed E-state index contributed by atoms with van der Waals surface area (Å²) in [6.45, 7) is 14.9. The fourth-order valence-electron chi connectivity index (χ4n) is 11.3. The van der Waals surface area contributed by atoms with E-state index in [1.54, 1.807) is 5.57 Å². The smallest absolute Gasteiger partial charge is 0.306 e. The second kappa shape index (κ2) is 19.4. The lowest BCUT2D eigenvalue weighted by Crippen LogP contribution is -2.51. The first-order valence-electron chi connectivity index (χ1n) is 21.2. The highest BCUT2D eigenvalue weighted by Gasteiger charge is 2.59. The molecule has 0 amide bonds. The number of fused-ring (bicyclic) bond motifs is 5. The van der Waals surface area contributed by atoms with E-state index in [9.17, 15) is 4.79 Å². The fraction of sp³-hybridized carbons (Fsp3) is 0.889. The molecule has 3 saturated carbocycles. The Hall–Kier alpha value is -1.05. The van der Waals surface area contributed by atoms with Gasteiger partial charge in [-0.05, 0) is 123 Å². The molecule has 2 heteroatoms. The number of carbonyl (C=O) groups excluding carboxylic acids is 1. The summed E-state index contributed by atoms with van der Waals surface area (Å²) in [4.78, 5) is 12.8. The third kappa shape index (κ3) is 10.7. The predicted molar refractivity (Wildman–Crippen MR) is 202 cm³/mol. The molecule has 2 nitrogen and oxygen atoms in total. The van der Waals surface area contributed by atoms with Crippen LogP contribution in [0.15, 0.2) is 23.8 Å². The summed E-state index contributed by atoms with van der Waals surface area (Å²) in [6, 6.07) is 0. The number of rotatable bonds is 21. The van der Waals surface area contributed by atoms with Crippen LogP contribution in [0.3, 0.4) is 0 Å². The molecule has 0 aromatic carbocycles. The van der Waals surface area contributed by atoms with E-state index in [0.717, 1.165) is 61.2 Å². The van der Waals surface area contributed by atoms with Crippen molar-refractivity contribution in [3.8, 4) is 0 Å². The number of allylic oxidation sites excluding steroid dienone is 3. The minimum atomic E-state index is 0.0541. The van der Waals surface area contributed by atoms with Gasteiger partial charge in [0, 0.05) is 12.8 Å². The summed E-state index contributed by atoms with van der Waals surface area (Å²) in [7, 11) is 0. The number of carbonyl (C=O) groups is 1. The summed E-state index contributed by atoms with van der Waals surface area (Å²) in [6.07, 6.45) is 39.5. The van der Waals surface area contributed by atoms with Crippen LogP contribution < -0.4 is 0 Å². The van der Waals surface area contributed by atoms with Crippen molar-refractivity contribution >= 4 is 5.97 Å². The third-order valence-corrected chi connectivity index (χ3v) is 14.2. The van der Waals surface area contributed by atoms with Gasteiger partial charge in [0.1, 0.15) is 6.10 Å². The van der Waals surface area contributed by atoms with Gasteiger partial charge in [0.15, 0.2) is 0 Å². The molecule has 0 bridgehead atoms. The lowest BCUT2D eigenvalue weighted by Gasteiger charge is -2.58. The Morgan fingerprint density at radius 2 is 1.49 bits per heavy atom. The van der Waals surface area contributed by atoms with E-state index in [-0.39, 0.29) is 12.1 Å². The van der Waals surface area contributed by atoms with Crippen molar-refractivity contribution in [2.24, 2.45) is 46.3 Å². The molecule has 0 radical (unpaired) electrons. The zero-order chi connectivity index (χ0) is 33.7. The molecule has 0 N–H and O–H groups in total. The summed E-state index contributed by atoms with van der Waals surface area (Å²) >= 11 is 0. The van der Waals surface area contributed by atoms with Crippen molar-refractivity contribution in [1.82, 2.24) is 0 Å². The Kier molecular flexibility index (Phi) is 16.0. The van der Waals surface area contributed by atoms with Crippen LogP contribution in [-0.4, -0.2) is 12.1 Å². The number of esters is 1. The van der Waals surface area contributed by atoms with Gasteiger partial charge in [0.25, 0.3) is 0 Å². The average molecular weight is 651 g/mol. The normalized spacial score (nSPS) is 32.6. The van der Waals surface area contributed by atoms with Crippen LogP contribution >= 0.6 is 0 Å². The molecule has 0 aromatic heterocycles. The highest BCUT2D eigenvalue weighted by Crippen LogP contribution is 2.67. The van der Waals surface area contributed by atoms with Crippen LogP contribution in [0.4, 0.5) is 0 Å². The van der Waals surface area contributed by atoms with E-state index in [4.69, 9.17) is 4.74 Å². The van der Waals surface area contributed by atoms with Crippen molar-refractivity contribution < 1.29 is 9.53 Å². The van der Waals surface area contributed by atoms with E-state index in [1.807, 2.05) is 0 Å². The molecular formula is C45H78O2. The molecule has 47 heavy (non-hydrogen) atoms. The van der Waals surface area contributed by atoms with Crippen LogP contribution in [-0.2, 0) is 9.53 Å². The van der Waals surface area contributed by atoms with Crippen LogP contribution in [0.2, 0.25) is 0 Å². The average Bonchev–Trinajstić information content (AvgIpc) is 3.40. The predicted octanol–water partition coefficient (Wildman–Crippen LogP) is 14.0. The maximum absolute atomic E-state index is 12.8. The molecule has 0 aromatic rings. The van der Waals surface area contributed by atoms with Gasteiger partial charge in [-0.3, -0.25) is 4.79 Å². The van der Waals surface area contributed by atoms with Crippen molar-refractivity contribution in [3.63, 3.8) is 0 Å². The van der Waals surface area contributed by atoms with Crippen molar-refractivity contribution in [3.05, 3.63) is 23.8 Å². The zero-order valence-electron chi connectivity index (χ0n) is 32.3. The SMILES string of the molecule is CCCCCCCC/C=C\CCCCCCCC(=O)O[C@H]1CC[C@@]2(C)C(=CC[C@H]3[C@@H]4CC[C@H]([C@H](C)CCCC(C)C)[C@@]4(C)CC[C@@H]32)C1. The van der Waals surface area contributed by atoms with Gasteiger partial charge in [-0.2, -0.15) is 0 Å². The van der Waals surface area contributed by atoms with Crippen molar-refractivity contribution in [1.29, 1.82) is 0 Å². The molecule has 0 heterocycles. The first-order valence-corrected chi connectivity index (χ1v) is 21.2. The molecule has 3 fully saturated rings. The standard InChI is InChI=1S/C45H78O2/c1-7-8-9-10-11-12-13-14-15-16-17-18-19-20-21-25-43(46)47-38-30-32-44(5)37(34-38)26-27-39-41-29-28-40(36(4)24-22-23-35(2)3)45(41,6)33-31-42(39)44/h14-15,26,35-36,38-42H,7-13,16-25,27-34H2,1-6H3/b15-14-/t36-,38+,39+,40-,41+,42+,44+,45-/m1/s1. The molecule has 8 atom stereocenters. The first kappa shape index (κ1) is 38.7. The second-order valence-corrected chi connectivity index (χ2v) is 18.0. The van der Waals surface area contributed by atoms with E-state index in [2.05, 4.69) is 59.8 Å². The maximum Gasteiger partial charge on any atom is 0.306 e. The fourth-order valence-corrected chi connectivity index (χ4v) is 11.3. The van der Waals surface area contributed by atoms with Gasteiger partial charge in [-0.15, -0.1) is 0 Å². The zero-order valence-corrected chi connectivity index (χ0v) is 32.3. The Balaban J connectivity index is 1.12. The molecule has 4 aliphatic rings. The van der Waals surface area contributed by atoms with Gasteiger partial charge in [-0.1, -0.05) is 136 Å². The molecule has 0 spiro atoms. The van der Waals surface area contributed by atoms with Crippen LogP contribution in [0.25, 0.3) is 0 Å². The van der Waals surface area contributed by atoms with Gasteiger partial charge >= 0.3 is 5.97 Å². The third-order valence-electron chi connectivity index (χ3n) is 14.2.